The van der Waals surface area contributed by atoms with Gasteiger partial charge < -0.3 is 5.11 Å². The van der Waals surface area contributed by atoms with E-state index in [0.717, 1.165) is 6.42 Å². The maximum absolute atomic E-state index is 12.8. The van der Waals surface area contributed by atoms with Crippen LogP contribution in [0.2, 0.25) is 0 Å². The molecule has 2 aliphatic carbocycles. The summed E-state index contributed by atoms with van der Waals surface area (Å²) in [5.41, 5.74) is 0.422. The Hall–Kier alpha value is -1.21. The maximum atomic E-state index is 12.8. The number of aromatic carboxylic acids is 1. The number of rotatable bonds is 2. The molecule has 1 aromatic rings. The van der Waals surface area contributed by atoms with Crippen LogP contribution in [0.15, 0.2) is 24.3 Å². The van der Waals surface area contributed by atoms with Crippen LogP contribution in [0.25, 0.3) is 0 Å². The number of carbonyl (C=O) groups excluding carboxylic acids is 2. The predicted molar refractivity (Wildman–Crippen MR) is 89.9 cm³/mol. The van der Waals surface area contributed by atoms with E-state index in [2.05, 4.69) is 31.9 Å². The number of amides is 2. The first-order valence-corrected chi connectivity index (χ1v) is 9.24. The first kappa shape index (κ1) is 15.3. The Morgan fingerprint density at radius 3 is 2.17 bits per heavy atom. The van der Waals surface area contributed by atoms with Gasteiger partial charge in [0.2, 0.25) is 11.8 Å². The number of carbonyl (C=O) groups is 3. The highest BCUT2D eigenvalue weighted by Crippen LogP contribution is 2.60. The van der Waals surface area contributed by atoms with Crippen LogP contribution in [-0.4, -0.2) is 32.5 Å². The summed E-state index contributed by atoms with van der Waals surface area (Å²) in [4.78, 5) is 38.4. The fourth-order valence-corrected chi connectivity index (χ4v) is 6.25. The van der Waals surface area contributed by atoms with E-state index in [-0.39, 0.29) is 50.7 Å². The molecule has 23 heavy (non-hydrogen) atoms. The SMILES string of the molecule is O=C(O)c1cccc(N2C(=O)[C@@H]3[C@@H]4C[C@@H]([C@@H](Br)[C@H]4Br)[C@@H]3C2=O)c1. The Bertz CT molecular complexity index is 705. The number of alkyl halides is 2. The van der Waals surface area contributed by atoms with Crippen LogP contribution < -0.4 is 4.90 Å². The van der Waals surface area contributed by atoms with E-state index in [1.54, 1.807) is 12.1 Å². The summed E-state index contributed by atoms with van der Waals surface area (Å²) in [6, 6.07) is 6.01. The lowest BCUT2D eigenvalue weighted by Crippen LogP contribution is -2.37. The van der Waals surface area contributed by atoms with Gasteiger partial charge >= 0.3 is 5.97 Å². The summed E-state index contributed by atoms with van der Waals surface area (Å²) >= 11 is 7.29. The van der Waals surface area contributed by atoms with Crippen molar-refractivity contribution in [1.29, 1.82) is 0 Å². The van der Waals surface area contributed by atoms with Crippen molar-refractivity contribution in [2.45, 2.75) is 16.1 Å². The average molecular weight is 443 g/mol. The summed E-state index contributed by atoms with van der Waals surface area (Å²) in [5, 5.41) is 9.11. The Kier molecular flexibility index (Phi) is 3.43. The van der Waals surface area contributed by atoms with E-state index < -0.39 is 5.97 Å². The number of imide groups is 1. The minimum atomic E-state index is -1.08. The smallest absolute Gasteiger partial charge is 0.335 e. The first-order chi connectivity index (χ1) is 10.9. The molecule has 7 heteroatoms. The van der Waals surface area contributed by atoms with Crippen molar-refractivity contribution in [3.05, 3.63) is 29.8 Å². The van der Waals surface area contributed by atoms with Gasteiger partial charge in [0.05, 0.1) is 23.1 Å². The number of halogens is 2. The second kappa shape index (κ2) is 5.14. The fraction of sp³-hybridized carbons (Fsp3) is 0.438. The van der Waals surface area contributed by atoms with Crippen molar-refractivity contribution in [3.63, 3.8) is 0 Å². The maximum Gasteiger partial charge on any atom is 0.335 e. The van der Waals surface area contributed by atoms with Gasteiger partial charge in [0.15, 0.2) is 0 Å². The van der Waals surface area contributed by atoms with Crippen LogP contribution in [0.4, 0.5) is 5.69 Å². The number of carboxylic acid groups (broad SMARTS) is 1. The predicted octanol–water partition coefficient (Wildman–Crippen LogP) is 2.67. The van der Waals surface area contributed by atoms with E-state index in [1.807, 2.05) is 0 Å². The van der Waals surface area contributed by atoms with Gasteiger partial charge in [0.25, 0.3) is 0 Å². The Labute approximate surface area is 149 Å². The van der Waals surface area contributed by atoms with Crippen molar-refractivity contribution in [2.24, 2.45) is 23.7 Å². The lowest BCUT2D eigenvalue weighted by molar-refractivity contribution is -0.123. The minimum absolute atomic E-state index is 0.0693. The number of fused-ring (bicyclic) bond motifs is 5. The zero-order valence-corrected chi connectivity index (χ0v) is 15.0. The summed E-state index contributed by atoms with van der Waals surface area (Å²) < 4.78 is 0. The van der Waals surface area contributed by atoms with Crippen molar-refractivity contribution in [3.8, 4) is 0 Å². The van der Waals surface area contributed by atoms with Crippen molar-refractivity contribution in [1.82, 2.24) is 0 Å². The molecule has 0 aromatic heterocycles. The van der Waals surface area contributed by atoms with Crippen LogP contribution >= 0.6 is 31.9 Å². The monoisotopic (exact) mass is 441 g/mol. The van der Waals surface area contributed by atoms with Crippen LogP contribution in [-0.2, 0) is 9.59 Å². The molecule has 2 bridgehead atoms. The molecule has 3 aliphatic rings. The molecule has 0 unspecified atom stereocenters. The van der Waals surface area contributed by atoms with E-state index in [9.17, 15) is 14.4 Å². The molecule has 0 spiro atoms. The second-order valence-electron chi connectivity index (χ2n) is 6.37. The molecule has 1 heterocycles. The topological polar surface area (TPSA) is 74.7 Å². The molecule has 1 aromatic carbocycles. The molecular formula is C16H13Br2NO4. The number of nitrogens with zero attached hydrogens (tertiary/aromatic N) is 1. The van der Waals surface area contributed by atoms with E-state index in [1.165, 1.54) is 17.0 Å². The molecule has 1 aliphatic heterocycles. The van der Waals surface area contributed by atoms with Gasteiger partial charge in [-0.25, -0.2) is 4.79 Å². The van der Waals surface area contributed by atoms with Gasteiger partial charge in [-0.15, -0.1) is 0 Å². The number of anilines is 1. The minimum Gasteiger partial charge on any atom is -0.478 e. The Morgan fingerprint density at radius 2 is 1.65 bits per heavy atom. The summed E-state index contributed by atoms with van der Waals surface area (Å²) in [5.74, 6) is -1.75. The zero-order chi connectivity index (χ0) is 16.5. The molecule has 4 rings (SSSR count). The van der Waals surface area contributed by atoms with Crippen LogP contribution in [0.1, 0.15) is 16.8 Å². The summed E-state index contributed by atoms with van der Waals surface area (Å²) in [6.45, 7) is 0. The lowest BCUT2D eigenvalue weighted by atomic mass is 9.81. The van der Waals surface area contributed by atoms with E-state index in [0.29, 0.717) is 5.69 Å². The van der Waals surface area contributed by atoms with Gasteiger partial charge in [-0.2, -0.15) is 0 Å². The number of carboxylic acids is 1. The molecular weight excluding hydrogens is 430 g/mol. The van der Waals surface area contributed by atoms with Gasteiger partial charge in [0, 0.05) is 9.65 Å². The molecule has 2 amide bonds. The standard InChI is InChI=1S/C16H13Br2NO4/c17-12-8-5-9(13(12)18)11-10(8)14(20)19(15(11)21)7-3-1-2-6(4-7)16(22)23/h1-4,8-13H,5H2,(H,22,23)/t8-,9+,10+,11-,12-,13+. The van der Waals surface area contributed by atoms with Gasteiger partial charge in [-0.05, 0) is 36.5 Å². The number of hydrogen-bond acceptors (Lipinski definition) is 3. The molecule has 1 saturated heterocycles. The zero-order valence-electron chi connectivity index (χ0n) is 11.9. The first-order valence-electron chi connectivity index (χ1n) is 7.41. The molecule has 6 atom stereocenters. The van der Waals surface area contributed by atoms with Crippen LogP contribution in [0, 0.1) is 23.7 Å². The van der Waals surface area contributed by atoms with Gasteiger partial charge in [-0.3, -0.25) is 14.5 Å². The molecule has 2 saturated carbocycles. The average Bonchev–Trinajstić information content (AvgIpc) is 3.12. The quantitative estimate of drug-likeness (QED) is 0.564. The van der Waals surface area contributed by atoms with Crippen molar-refractivity contribution in [2.75, 3.05) is 4.90 Å². The van der Waals surface area contributed by atoms with Crippen LogP contribution in [0.3, 0.4) is 0 Å². The van der Waals surface area contributed by atoms with Crippen LogP contribution in [0.5, 0.6) is 0 Å². The molecule has 120 valence electrons. The normalized spacial score (nSPS) is 38.3. The van der Waals surface area contributed by atoms with E-state index in [4.69, 9.17) is 5.11 Å². The molecule has 0 radical (unpaired) electrons. The third kappa shape index (κ3) is 1.99. The number of benzene rings is 1. The second-order valence-corrected chi connectivity index (χ2v) is 8.49. The van der Waals surface area contributed by atoms with Crippen molar-refractivity contribution >= 4 is 55.3 Å². The Morgan fingerprint density at radius 1 is 1.09 bits per heavy atom. The third-order valence-electron chi connectivity index (χ3n) is 5.34. The molecule has 3 fully saturated rings. The highest BCUT2D eigenvalue weighted by Gasteiger charge is 2.66. The third-order valence-corrected chi connectivity index (χ3v) is 8.55. The highest BCUT2D eigenvalue weighted by molar-refractivity contribution is 9.12. The van der Waals surface area contributed by atoms with Crippen molar-refractivity contribution < 1.29 is 19.5 Å². The molecule has 5 nitrogen and oxygen atoms in total. The largest absolute Gasteiger partial charge is 0.478 e. The van der Waals surface area contributed by atoms with Gasteiger partial charge in [-0.1, -0.05) is 37.9 Å². The fourth-order valence-electron chi connectivity index (χ4n) is 4.38. The number of hydrogen-bond donors (Lipinski definition) is 1. The summed E-state index contributed by atoms with van der Waals surface area (Å²) in [6.07, 6.45) is 0.877. The highest BCUT2D eigenvalue weighted by atomic mass is 79.9. The van der Waals surface area contributed by atoms with Gasteiger partial charge in [0.1, 0.15) is 0 Å². The lowest BCUT2D eigenvalue weighted by Gasteiger charge is -2.28. The summed E-state index contributed by atoms with van der Waals surface area (Å²) in [7, 11) is 0. The molecule has 1 N–H and O–H groups in total. The Balaban J connectivity index is 1.73. The van der Waals surface area contributed by atoms with E-state index >= 15 is 0 Å².